The number of benzene rings is 2. The Balaban J connectivity index is 2.01. The quantitative estimate of drug-likeness (QED) is 0.758. The smallest absolute Gasteiger partial charge is 0.241 e. The molecule has 1 atom stereocenters. The second-order valence-electron chi connectivity index (χ2n) is 5.87. The van der Waals surface area contributed by atoms with E-state index in [9.17, 15) is 8.42 Å². The molecular formula is C18H19N3O3S. The summed E-state index contributed by atoms with van der Waals surface area (Å²) in [5.74, 6) is 0.581. The lowest BCUT2D eigenvalue weighted by Gasteiger charge is -2.16. The van der Waals surface area contributed by atoms with Gasteiger partial charge in [0.05, 0.1) is 4.90 Å². The molecule has 0 bridgehead atoms. The zero-order chi connectivity index (χ0) is 18.0. The van der Waals surface area contributed by atoms with Crippen LogP contribution < -0.4 is 4.72 Å². The van der Waals surface area contributed by atoms with Crippen molar-refractivity contribution < 1.29 is 12.8 Å². The third-order valence-electron chi connectivity index (χ3n) is 3.98. The standard InChI is InChI=1S/C18H19N3O3S/c1-12-9-10-16(11-13(12)2)25(22,23)21-17(15-7-5-4-6-8-15)18-20-19-14(3)24-18/h4-11,17,21H,1-3H3. The van der Waals surface area contributed by atoms with Crippen molar-refractivity contribution >= 4 is 10.0 Å². The van der Waals surface area contributed by atoms with Crippen LogP contribution in [0.4, 0.5) is 0 Å². The molecule has 1 unspecified atom stereocenters. The predicted molar refractivity (Wildman–Crippen MR) is 93.6 cm³/mol. The van der Waals surface area contributed by atoms with Crippen molar-refractivity contribution in [2.75, 3.05) is 0 Å². The summed E-state index contributed by atoms with van der Waals surface area (Å²) < 4.78 is 33.9. The molecule has 0 saturated carbocycles. The van der Waals surface area contributed by atoms with Crippen LogP contribution in [0.25, 0.3) is 0 Å². The largest absolute Gasteiger partial charge is 0.423 e. The molecule has 6 nitrogen and oxygen atoms in total. The molecule has 3 rings (SSSR count). The molecule has 1 heterocycles. The Morgan fingerprint density at radius 3 is 2.28 bits per heavy atom. The van der Waals surface area contributed by atoms with Crippen molar-refractivity contribution in [2.24, 2.45) is 0 Å². The van der Waals surface area contributed by atoms with Crippen molar-refractivity contribution in [2.45, 2.75) is 31.7 Å². The van der Waals surface area contributed by atoms with E-state index in [0.717, 1.165) is 16.7 Å². The Morgan fingerprint density at radius 2 is 1.68 bits per heavy atom. The zero-order valence-corrected chi connectivity index (χ0v) is 15.0. The number of hydrogen-bond donors (Lipinski definition) is 1. The summed E-state index contributed by atoms with van der Waals surface area (Å²) in [6, 6.07) is 13.4. The van der Waals surface area contributed by atoms with Gasteiger partial charge in [-0.25, -0.2) is 8.42 Å². The van der Waals surface area contributed by atoms with Gasteiger partial charge in [-0.05, 0) is 42.7 Å². The fraction of sp³-hybridized carbons (Fsp3) is 0.222. The summed E-state index contributed by atoms with van der Waals surface area (Å²) in [6.45, 7) is 5.48. The number of rotatable bonds is 5. The molecular weight excluding hydrogens is 338 g/mol. The molecule has 0 aliphatic rings. The van der Waals surface area contributed by atoms with Crippen molar-refractivity contribution in [3.8, 4) is 0 Å². The average molecular weight is 357 g/mol. The Bertz CT molecular complexity index is 982. The molecule has 0 aliphatic heterocycles. The van der Waals surface area contributed by atoms with Gasteiger partial charge in [0.1, 0.15) is 6.04 Å². The number of sulfonamides is 1. The van der Waals surface area contributed by atoms with Crippen LogP contribution in [-0.2, 0) is 10.0 Å². The van der Waals surface area contributed by atoms with Crippen LogP contribution >= 0.6 is 0 Å². The highest BCUT2D eigenvalue weighted by molar-refractivity contribution is 7.89. The lowest BCUT2D eigenvalue weighted by atomic mass is 10.1. The van der Waals surface area contributed by atoms with Crippen LogP contribution in [0.1, 0.15) is 34.5 Å². The normalized spacial score (nSPS) is 12.9. The minimum atomic E-state index is -3.76. The third-order valence-corrected chi connectivity index (χ3v) is 5.40. The van der Waals surface area contributed by atoms with Gasteiger partial charge in [-0.3, -0.25) is 0 Å². The highest BCUT2D eigenvalue weighted by Crippen LogP contribution is 2.24. The lowest BCUT2D eigenvalue weighted by molar-refractivity contribution is 0.436. The number of nitrogens with one attached hydrogen (secondary N) is 1. The van der Waals surface area contributed by atoms with E-state index >= 15 is 0 Å². The van der Waals surface area contributed by atoms with Crippen molar-refractivity contribution in [3.05, 3.63) is 77.0 Å². The van der Waals surface area contributed by atoms with E-state index in [2.05, 4.69) is 14.9 Å². The SMILES string of the molecule is Cc1nnc(C(NS(=O)(=O)c2ccc(C)c(C)c2)c2ccccc2)o1. The second-order valence-corrected chi connectivity index (χ2v) is 7.58. The van der Waals surface area contributed by atoms with Crippen LogP contribution in [0.3, 0.4) is 0 Å². The van der Waals surface area contributed by atoms with E-state index in [1.165, 1.54) is 0 Å². The number of nitrogens with zero attached hydrogens (tertiary/aromatic N) is 2. The van der Waals surface area contributed by atoms with E-state index in [0.29, 0.717) is 5.89 Å². The fourth-order valence-corrected chi connectivity index (χ4v) is 3.70. The molecule has 1 N–H and O–H groups in total. The first kappa shape index (κ1) is 17.3. The molecule has 7 heteroatoms. The zero-order valence-electron chi connectivity index (χ0n) is 14.2. The van der Waals surface area contributed by atoms with Gasteiger partial charge < -0.3 is 4.42 Å². The van der Waals surface area contributed by atoms with E-state index in [4.69, 9.17) is 4.42 Å². The van der Waals surface area contributed by atoms with E-state index < -0.39 is 16.1 Å². The number of aryl methyl sites for hydroxylation is 3. The van der Waals surface area contributed by atoms with E-state index in [1.807, 2.05) is 44.2 Å². The molecule has 0 aliphatic carbocycles. The molecule has 25 heavy (non-hydrogen) atoms. The van der Waals surface area contributed by atoms with Crippen LogP contribution in [0.15, 0.2) is 57.8 Å². The predicted octanol–water partition coefficient (Wildman–Crippen LogP) is 3.06. The molecule has 1 aromatic heterocycles. The van der Waals surface area contributed by atoms with Crippen LogP contribution in [0, 0.1) is 20.8 Å². The van der Waals surface area contributed by atoms with Gasteiger partial charge in [0.2, 0.25) is 21.8 Å². The van der Waals surface area contributed by atoms with Crippen molar-refractivity contribution in [1.82, 2.24) is 14.9 Å². The summed E-state index contributed by atoms with van der Waals surface area (Å²) in [5, 5.41) is 7.80. The molecule has 3 aromatic rings. The first-order valence-corrected chi connectivity index (χ1v) is 9.29. The maximum Gasteiger partial charge on any atom is 0.241 e. The summed E-state index contributed by atoms with van der Waals surface area (Å²) in [7, 11) is -3.76. The van der Waals surface area contributed by atoms with E-state index in [-0.39, 0.29) is 10.8 Å². The maximum atomic E-state index is 12.9. The monoisotopic (exact) mass is 357 g/mol. The van der Waals surface area contributed by atoms with Crippen LogP contribution in [0.2, 0.25) is 0 Å². The fourth-order valence-electron chi connectivity index (χ4n) is 2.44. The molecule has 0 amide bonds. The van der Waals surface area contributed by atoms with Crippen LogP contribution in [0.5, 0.6) is 0 Å². The Labute approximate surface area is 147 Å². The van der Waals surface area contributed by atoms with Gasteiger partial charge in [0.25, 0.3) is 0 Å². The lowest BCUT2D eigenvalue weighted by Crippen LogP contribution is -2.29. The van der Waals surface area contributed by atoms with Crippen LogP contribution in [-0.4, -0.2) is 18.6 Å². The van der Waals surface area contributed by atoms with Gasteiger partial charge in [-0.15, -0.1) is 10.2 Å². The Morgan fingerprint density at radius 1 is 0.960 bits per heavy atom. The van der Waals surface area contributed by atoms with E-state index in [1.54, 1.807) is 25.1 Å². The highest BCUT2D eigenvalue weighted by atomic mass is 32.2. The number of hydrogen-bond acceptors (Lipinski definition) is 5. The third kappa shape index (κ3) is 3.78. The van der Waals surface area contributed by atoms with Crippen molar-refractivity contribution in [1.29, 1.82) is 0 Å². The Kier molecular flexibility index (Phi) is 4.69. The topological polar surface area (TPSA) is 85.1 Å². The number of aromatic nitrogens is 2. The van der Waals surface area contributed by atoms with Gasteiger partial charge in [0, 0.05) is 6.92 Å². The second kappa shape index (κ2) is 6.78. The molecule has 2 aromatic carbocycles. The minimum absolute atomic E-state index is 0.202. The first-order chi connectivity index (χ1) is 11.9. The van der Waals surface area contributed by atoms with Gasteiger partial charge >= 0.3 is 0 Å². The van der Waals surface area contributed by atoms with Gasteiger partial charge in [-0.2, -0.15) is 4.72 Å². The van der Waals surface area contributed by atoms with Crippen molar-refractivity contribution in [3.63, 3.8) is 0 Å². The molecule has 0 saturated heterocycles. The summed E-state index contributed by atoms with van der Waals surface area (Å²) in [5.41, 5.74) is 2.66. The Hall–Kier alpha value is -2.51. The minimum Gasteiger partial charge on any atom is -0.423 e. The molecule has 0 fully saturated rings. The first-order valence-electron chi connectivity index (χ1n) is 7.81. The van der Waals surface area contributed by atoms with Gasteiger partial charge in [-0.1, -0.05) is 36.4 Å². The summed E-state index contributed by atoms with van der Waals surface area (Å²) >= 11 is 0. The molecule has 0 spiro atoms. The highest BCUT2D eigenvalue weighted by Gasteiger charge is 2.27. The molecule has 130 valence electrons. The molecule has 0 radical (unpaired) electrons. The maximum absolute atomic E-state index is 12.9. The van der Waals surface area contributed by atoms with Gasteiger partial charge in [0.15, 0.2) is 0 Å². The average Bonchev–Trinajstić information content (AvgIpc) is 3.02. The summed E-state index contributed by atoms with van der Waals surface area (Å²) in [6.07, 6.45) is 0. The summed E-state index contributed by atoms with van der Waals surface area (Å²) in [4.78, 5) is 0.202.